The van der Waals surface area contributed by atoms with Crippen LogP contribution in [0, 0.1) is 0 Å². The average molecular weight is 310 g/mol. The highest BCUT2D eigenvalue weighted by Crippen LogP contribution is 2.43. The highest BCUT2D eigenvalue weighted by atomic mass is 16.5. The quantitative estimate of drug-likeness (QED) is 0.608. The van der Waals surface area contributed by atoms with Crippen molar-refractivity contribution in [3.8, 4) is 11.5 Å². The van der Waals surface area contributed by atoms with Gasteiger partial charge in [-0.25, -0.2) is 0 Å². The number of para-hydroxylation sites is 1. The van der Waals surface area contributed by atoms with E-state index < -0.39 is 0 Å². The van der Waals surface area contributed by atoms with E-state index in [2.05, 4.69) is 26.8 Å². The van der Waals surface area contributed by atoms with Crippen LogP contribution >= 0.6 is 0 Å². The minimum atomic E-state index is -0.197. The summed E-state index contributed by atoms with van der Waals surface area (Å²) in [5.41, 5.74) is 3.36. The number of hydrogen-bond donors (Lipinski definition) is 0. The van der Waals surface area contributed by atoms with Crippen molar-refractivity contribution in [2.75, 3.05) is 7.11 Å². The Labute approximate surface area is 137 Å². The fraction of sp³-hybridized carbons (Fsp3) is 0.350. The van der Waals surface area contributed by atoms with Gasteiger partial charge in [-0.05, 0) is 23.1 Å². The molecule has 1 aliphatic rings. The molecule has 0 radical (unpaired) electrons. The van der Waals surface area contributed by atoms with Crippen molar-refractivity contribution >= 4 is 5.97 Å². The van der Waals surface area contributed by atoms with Gasteiger partial charge in [0.05, 0.1) is 13.5 Å². The van der Waals surface area contributed by atoms with E-state index in [0.717, 1.165) is 16.9 Å². The van der Waals surface area contributed by atoms with Gasteiger partial charge in [0.1, 0.15) is 11.5 Å². The molecule has 0 bridgehead atoms. The van der Waals surface area contributed by atoms with E-state index in [4.69, 9.17) is 9.47 Å². The van der Waals surface area contributed by atoms with Crippen LogP contribution in [-0.2, 0) is 10.2 Å². The number of carbonyl (C=O) groups excluding carboxylic acids is 1. The second kappa shape index (κ2) is 5.73. The van der Waals surface area contributed by atoms with Crippen LogP contribution in [0.3, 0.4) is 0 Å². The Morgan fingerprint density at radius 3 is 2.52 bits per heavy atom. The molecule has 0 saturated heterocycles. The Bertz CT molecular complexity index is 741. The summed E-state index contributed by atoms with van der Waals surface area (Å²) in [6, 6.07) is 14.0. The van der Waals surface area contributed by atoms with Crippen molar-refractivity contribution in [1.82, 2.24) is 0 Å². The molecule has 0 amide bonds. The minimum Gasteiger partial charge on any atom is -0.496 e. The number of fused-ring (bicyclic) bond motifs is 1. The summed E-state index contributed by atoms with van der Waals surface area (Å²) in [6.07, 6.45) is 0.334. The van der Waals surface area contributed by atoms with Gasteiger partial charge in [0.15, 0.2) is 0 Å². The highest BCUT2D eigenvalue weighted by molar-refractivity contribution is 5.78. The molecule has 23 heavy (non-hydrogen) atoms. The van der Waals surface area contributed by atoms with E-state index in [9.17, 15) is 4.79 Å². The van der Waals surface area contributed by atoms with Crippen molar-refractivity contribution in [1.29, 1.82) is 0 Å². The lowest BCUT2D eigenvalue weighted by molar-refractivity contribution is -0.135. The summed E-state index contributed by atoms with van der Waals surface area (Å²) in [5, 5.41) is 0. The molecule has 2 aromatic carbocycles. The molecule has 1 atom stereocenters. The van der Waals surface area contributed by atoms with Crippen LogP contribution in [0.4, 0.5) is 0 Å². The highest BCUT2D eigenvalue weighted by Gasteiger charge is 2.31. The first-order valence-electron chi connectivity index (χ1n) is 7.88. The standard InChI is InChI=1S/C20H22O3/c1-20(2,3)13-9-10-18-16(11-13)15(12-19(21)23-18)14-7-5-6-8-17(14)22-4/h5-11,15H,12H2,1-4H3/t15-/m0/s1. The Hall–Kier alpha value is -2.29. The van der Waals surface area contributed by atoms with Crippen LogP contribution in [0.2, 0.25) is 0 Å². The Morgan fingerprint density at radius 1 is 1.09 bits per heavy atom. The molecular formula is C20H22O3. The molecule has 0 aliphatic carbocycles. The van der Waals surface area contributed by atoms with Crippen LogP contribution in [0.1, 0.15) is 49.8 Å². The van der Waals surface area contributed by atoms with Crippen molar-refractivity contribution in [3.63, 3.8) is 0 Å². The maximum atomic E-state index is 12.0. The maximum absolute atomic E-state index is 12.0. The molecule has 0 aromatic heterocycles. The lowest BCUT2D eigenvalue weighted by atomic mass is 9.80. The van der Waals surface area contributed by atoms with Gasteiger partial charge >= 0.3 is 5.97 Å². The molecule has 2 aromatic rings. The Morgan fingerprint density at radius 2 is 1.83 bits per heavy atom. The minimum absolute atomic E-state index is 0.0373. The predicted molar refractivity (Wildman–Crippen MR) is 90.2 cm³/mol. The summed E-state index contributed by atoms with van der Waals surface area (Å²) >= 11 is 0. The van der Waals surface area contributed by atoms with Gasteiger partial charge in [0.25, 0.3) is 0 Å². The lowest BCUT2D eigenvalue weighted by Crippen LogP contribution is -2.22. The van der Waals surface area contributed by atoms with E-state index in [1.165, 1.54) is 5.56 Å². The van der Waals surface area contributed by atoms with E-state index in [1.807, 2.05) is 36.4 Å². The van der Waals surface area contributed by atoms with Gasteiger partial charge in [-0.1, -0.05) is 51.1 Å². The molecular weight excluding hydrogens is 288 g/mol. The normalized spacial score (nSPS) is 17.4. The summed E-state index contributed by atoms with van der Waals surface area (Å²) < 4.78 is 10.9. The van der Waals surface area contributed by atoms with Crippen LogP contribution < -0.4 is 9.47 Å². The van der Waals surface area contributed by atoms with E-state index in [1.54, 1.807) is 7.11 Å². The van der Waals surface area contributed by atoms with Gasteiger partial charge in [0.2, 0.25) is 0 Å². The number of esters is 1. The third-order valence-electron chi connectivity index (χ3n) is 4.36. The number of methoxy groups -OCH3 is 1. The second-order valence-electron chi connectivity index (χ2n) is 6.98. The van der Waals surface area contributed by atoms with Crippen LogP contribution in [-0.4, -0.2) is 13.1 Å². The van der Waals surface area contributed by atoms with Gasteiger partial charge in [-0.3, -0.25) is 4.79 Å². The molecule has 3 heteroatoms. The van der Waals surface area contributed by atoms with Crippen molar-refractivity contribution in [3.05, 3.63) is 59.2 Å². The number of benzene rings is 2. The average Bonchev–Trinajstić information content (AvgIpc) is 2.52. The SMILES string of the molecule is COc1ccccc1[C@@H]1CC(=O)Oc2ccc(C(C)(C)C)cc21. The number of carbonyl (C=O) groups is 1. The number of hydrogen-bond acceptors (Lipinski definition) is 3. The monoisotopic (exact) mass is 310 g/mol. The maximum Gasteiger partial charge on any atom is 0.312 e. The largest absolute Gasteiger partial charge is 0.496 e. The zero-order valence-corrected chi connectivity index (χ0v) is 14.1. The molecule has 0 spiro atoms. The van der Waals surface area contributed by atoms with Crippen molar-refractivity contribution < 1.29 is 14.3 Å². The van der Waals surface area contributed by atoms with E-state index >= 15 is 0 Å². The van der Waals surface area contributed by atoms with Gasteiger partial charge in [0, 0.05) is 17.0 Å². The summed E-state index contributed by atoms with van der Waals surface area (Å²) in [7, 11) is 1.66. The first-order chi connectivity index (χ1) is 10.9. The van der Waals surface area contributed by atoms with Crippen LogP contribution in [0.5, 0.6) is 11.5 Å². The molecule has 1 heterocycles. The molecule has 0 unspecified atom stereocenters. The Balaban J connectivity index is 2.15. The third-order valence-corrected chi connectivity index (χ3v) is 4.36. The molecule has 0 saturated carbocycles. The smallest absolute Gasteiger partial charge is 0.312 e. The zero-order valence-electron chi connectivity index (χ0n) is 14.1. The fourth-order valence-corrected chi connectivity index (χ4v) is 3.05. The van der Waals surface area contributed by atoms with E-state index in [0.29, 0.717) is 12.2 Å². The van der Waals surface area contributed by atoms with Gasteiger partial charge < -0.3 is 9.47 Å². The summed E-state index contributed by atoms with van der Waals surface area (Å²) in [5.74, 6) is 1.23. The topological polar surface area (TPSA) is 35.5 Å². The molecule has 0 N–H and O–H groups in total. The zero-order chi connectivity index (χ0) is 16.6. The van der Waals surface area contributed by atoms with E-state index in [-0.39, 0.29) is 17.3 Å². The van der Waals surface area contributed by atoms with Crippen LogP contribution in [0.15, 0.2) is 42.5 Å². The molecule has 3 rings (SSSR count). The van der Waals surface area contributed by atoms with Crippen molar-refractivity contribution in [2.24, 2.45) is 0 Å². The number of rotatable bonds is 2. The first-order valence-corrected chi connectivity index (χ1v) is 7.88. The number of ether oxygens (including phenoxy) is 2. The summed E-state index contributed by atoms with van der Waals surface area (Å²) in [4.78, 5) is 12.0. The second-order valence-corrected chi connectivity index (χ2v) is 6.98. The van der Waals surface area contributed by atoms with Gasteiger partial charge in [-0.2, -0.15) is 0 Å². The summed E-state index contributed by atoms with van der Waals surface area (Å²) in [6.45, 7) is 6.55. The van der Waals surface area contributed by atoms with Crippen molar-refractivity contribution in [2.45, 2.75) is 38.5 Å². The molecule has 1 aliphatic heterocycles. The molecule has 120 valence electrons. The fourth-order valence-electron chi connectivity index (χ4n) is 3.05. The molecule has 0 fully saturated rings. The molecule has 3 nitrogen and oxygen atoms in total. The Kier molecular flexibility index (Phi) is 3.88. The van der Waals surface area contributed by atoms with Gasteiger partial charge in [-0.15, -0.1) is 0 Å². The first kappa shape index (κ1) is 15.6. The predicted octanol–water partition coefficient (Wildman–Crippen LogP) is 4.43. The lowest BCUT2D eigenvalue weighted by Gasteiger charge is -2.28. The third kappa shape index (κ3) is 2.96. The van der Waals surface area contributed by atoms with Crippen LogP contribution in [0.25, 0.3) is 0 Å².